The van der Waals surface area contributed by atoms with Crippen LogP contribution in [0.2, 0.25) is 0 Å². The molecule has 110 valence electrons. The molecule has 1 aromatic rings. The molecule has 0 bridgehead atoms. The van der Waals surface area contributed by atoms with Crippen LogP contribution in [-0.4, -0.2) is 18.6 Å². The molecule has 1 saturated carbocycles. The van der Waals surface area contributed by atoms with E-state index in [1.807, 2.05) is 24.3 Å². The van der Waals surface area contributed by atoms with Crippen LogP contribution >= 0.6 is 0 Å². The van der Waals surface area contributed by atoms with Gasteiger partial charge in [0.25, 0.3) is 0 Å². The third kappa shape index (κ3) is 4.62. The Balaban J connectivity index is 1.77. The van der Waals surface area contributed by atoms with E-state index in [0.717, 1.165) is 24.1 Å². The van der Waals surface area contributed by atoms with E-state index in [1.54, 1.807) is 0 Å². The standard InChI is InChI=1S/C16H24N2O2/c1-12-4-2-7-15(8-12)20-11-16(19)18-14-6-3-5-13(9-14)10-17/h3,5-6,9,12,15H,2,4,7-8,10-11,17H2,1H3,(H,18,19). The van der Waals surface area contributed by atoms with Crippen LogP contribution in [0.15, 0.2) is 24.3 Å². The zero-order chi connectivity index (χ0) is 14.4. The van der Waals surface area contributed by atoms with Crippen molar-refractivity contribution in [3.05, 3.63) is 29.8 Å². The molecule has 0 spiro atoms. The van der Waals surface area contributed by atoms with Crippen molar-refractivity contribution >= 4 is 11.6 Å². The van der Waals surface area contributed by atoms with Crippen LogP contribution < -0.4 is 11.1 Å². The van der Waals surface area contributed by atoms with Crippen LogP contribution in [0, 0.1) is 5.92 Å². The van der Waals surface area contributed by atoms with E-state index in [1.165, 1.54) is 12.8 Å². The number of carbonyl (C=O) groups excluding carboxylic acids is 1. The molecule has 2 rings (SSSR count). The number of carbonyl (C=O) groups is 1. The average molecular weight is 276 g/mol. The maximum atomic E-state index is 11.9. The second kappa shape index (κ2) is 7.41. The minimum absolute atomic E-state index is 0.0996. The Morgan fingerprint density at radius 3 is 3.05 bits per heavy atom. The predicted molar refractivity (Wildman–Crippen MR) is 80.3 cm³/mol. The molecule has 2 atom stereocenters. The molecule has 1 aliphatic rings. The number of ether oxygens (including phenoxy) is 1. The second-order valence-corrected chi connectivity index (χ2v) is 5.66. The molecule has 0 aliphatic heterocycles. The molecule has 4 heteroatoms. The first kappa shape index (κ1) is 15.0. The Morgan fingerprint density at radius 1 is 1.45 bits per heavy atom. The molecule has 2 unspecified atom stereocenters. The summed E-state index contributed by atoms with van der Waals surface area (Å²) in [6.07, 6.45) is 4.85. The number of amides is 1. The van der Waals surface area contributed by atoms with E-state index >= 15 is 0 Å². The van der Waals surface area contributed by atoms with Gasteiger partial charge in [0.2, 0.25) is 5.91 Å². The monoisotopic (exact) mass is 276 g/mol. The summed E-state index contributed by atoms with van der Waals surface area (Å²) >= 11 is 0. The number of nitrogens with two attached hydrogens (primary N) is 1. The highest BCUT2D eigenvalue weighted by molar-refractivity contribution is 5.91. The molecule has 1 aliphatic carbocycles. The molecule has 0 heterocycles. The van der Waals surface area contributed by atoms with Crippen molar-refractivity contribution in [1.82, 2.24) is 0 Å². The summed E-state index contributed by atoms with van der Waals surface area (Å²) in [4.78, 5) is 11.9. The molecular formula is C16H24N2O2. The highest BCUT2D eigenvalue weighted by atomic mass is 16.5. The van der Waals surface area contributed by atoms with Crippen molar-refractivity contribution in [1.29, 1.82) is 0 Å². The van der Waals surface area contributed by atoms with Gasteiger partial charge >= 0.3 is 0 Å². The fourth-order valence-corrected chi connectivity index (χ4v) is 2.70. The number of rotatable bonds is 5. The molecule has 20 heavy (non-hydrogen) atoms. The summed E-state index contributed by atoms with van der Waals surface area (Å²) in [5, 5.41) is 2.85. The van der Waals surface area contributed by atoms with Gasteiger partial charge in [0.05, 0.1) is 6.10 Å². The molecular weight excluding hydrogens is 252 g/mol. The summed E-state index contributed by atoms with van der Waals surface area (Å²) in [5.74, 6) is 0.607. The van der Waals surface area contributed by atoms with E-state index in [4.69, 9.17) is 10.5 Å². The van der Waals surface area contributed by atoms with Gasteiger partial charge < -0.3 is 15.8 Å². The van der Waals surface area contributed by atoms with Crippen molar-refractivity contribution in [2.45, 2.75) is 45.3 Å². The number of anilines is 1. The molecule has 0 aromatic heterocycles. The lowest BCUT2D eigenvalue weighted by Crippen LogP contribution is -2.27. The molecule has 1 aromatic carbocycles. The quantitative estimate of drug-likeness (QED) is 0.869. The third-order valence-electron chi connectivity index (χ3n) is 3.78. The van der Waals surface area contributed by atoms with Crippen LogP contribution in [0.3, 0.4) is 0 Å². The van der Waals surface area contributed by atoms with Crippen LogP contribution in [0.25, 0.3) is 0 Å². The molecule has 0 saturated heterocycles. The minimum atomic E-state index is -0.0996. The zero-order valence-corrected chi connectivity index (χ0v) is 12.1. The first-order valence-electron chi connectivity index (χ1n) is 7.38. The van der Waals surface area contributed by atoms with Crippen molar-refractivity contribution in [2.24, 2.45) is 11.7 Å². The van der Waals surface area contributed by atoms with Gasteiger partial charge in [-0.1, -0.05) is 31.9 Å². The molecule has 4 nitrogen and oxygen atoms in total. The summed E-state index contributed by atoms with van der Waals surface area (Å²) in [6.45, 7) is 2.85. The Kier molecular flexibility index (Phi) is 5.56. The van der Waals surface area contributed by atoms with Gasteiger partial charge in [-0.2, -0.15) is 0 Å². The fraction of sp³-hybridized carbons (Fsp3) is 0.562. The van der Waals surface area contributed by atoms with E-state index < -0.39 is 0 Å². The van der Waals surface area contributed by atoms with Crippen LogP contribution in [0.5, 0.6) is 0 Å². The van der Waals surface area contributed by atoms with Gasteiger partial charge in [-0.05, 0) is 36.5 Å². The number of hydrogen-bond acceptors (Lipinski definition) is 3. The van der Waals surface area contributed by atoms with Crippen LogP contribution in [-0.2, 0) is 16.1 Å². The maximum absolute atomic E-state index is 11.9. The summed E-state index contributed by atoms with van der Waals surface area (Å²) in [6, 6.07) is 7.58. The topological polar surface area (TPSA) is 64.3 Å². The highest BCUT2D eigenvalue weighted by Gasteiger charge is 2.20. The lowest BCUT2D eigenvalue weighted by molar-refractivity contribution is -0.123. The Morgan fingerprint density at radius 2 is 2.30 bits per heavy atom. The van der Waals surface area contributed by atoms with E-state index in [0.29, 0.717) is 12.5 Å². The van der Waals surface area contributed by atoms with E-state index in [2.05, 4.69) is 12.2 Å². The summed E-state index contributed by atoms with van der Waals surface area (Å²) in [5.41, 5.74) is 7.36. The van der Waals surface area contributed by atoms with Crippen molar-refractivity contribution < 1.29 is 9.53 Å². The lowest BCUT2D eigenvalue weighted by Gasteiger charge is -2.26. The van der Waals surface area contributed by atoms with Crippen LogP contribution in [0.4, 0.5) is 5.69 Å². The summed E-state index contributed by atoms with van der Waals surface area (Å²) < 4.78 is 5.71. The van der Waals surface area contributed by atoms with Gasteiger partial charge in [0, 0.05) is 12.2 Å². The van der Waals surface area contributed by atoms with E-state index in [9.17, 15) is 4.79 Å². The highest BCUT2D eigenvalue weighted by Crippen LogP contribution is 2.25. The minimum Gasteiger partial charge on any atom is -0.368 e. The second-order valence-electron chi connectivity index (χ2n) is 5.66. The van der Waals surface area contributed by atoms with Gasteiger partial charge in [-0.3, -0.25) is 4.79 Å². The SMILES string of the molecule is CC1CCCC(OCC(=O)Nc2cccc(CN)c2)C1. The fourth-order valence-electron chi connectivity index (χ4n) is 2.70. The van der Waals surface area contributed by atoms with Crippen molar-refractivity contribution in [3.63, 3.8) is 0 Å². The average Bonchev–Trinajstić information content (AvgIpc) is 2.45. The predicted octanol–water partition coefficient (Wildman–Crippen LogP) is 2.68. The van der Waals surface area contributed by atoms with Crippen molar-refractivity contribution in [3.8, 4) is 0 Å². The lowest BCUT2D eigenvalue weighted by atomic mass is 9.89. The third-order valence-corrected chi connectivity index (χ3v) is 3.78. The number of benzene rings is 1. The number of nitrogens with one attached hydrogen (secondary N) is 1. The van der Waals surface area contributed by atoms with Gasteiger partial charge in [0.1, 0.15) is 6.61 Å². The molecule has 1 amide bonds. The Hall–Kier alpha value is -1.39. The summed E-state index contributed by atoms with van der Waals surface area (Å²) in [7, 11) is 0. The molecule has 0 radical (unpaired) electrons. The normalized spacial score (nSPS) is 22.5. The molecule has 1 fully saturated rings. The smallest absolute Gasteiger partial charge is 0.250 e. The Labute approximate surface area is 120 Å². The van der Waals surface area contributed by atoms with Gasteiger partial charge in [0.15, 0.2) is 0 Å². The maximum Gasteiger partial charge on any atom is 0.250 e. The van der Waals surface area contributed by atoms with Gasteiger partial charge in [-0.25, -0.2) is 0 Å². The molecule has 3 N–H and O–H groups in total. The van der Waals surface area contributed by atoms with E-state index in [-0.39, 0.29) is 18.6 Å². The van der Waals surface area contributed by atoms with Gasteiger partial charge in [-0.15, -0.1) is 0 Å². The number of hydrogen-bond donors (Lipinski definition) is 2. The zero-order valence-electron chi connectivity index (χ0n) is 12.1. The van der Waals surface area contributed by atoms with Crippen molar-refractivity contribution in [2.75, 3.05) is 11.9 Å². The first-order chi connectivity index (χ1) is 9.67. The van der Waals surface area contributed by atoms with Crippen LogP contribution in [0.1, 0.15) is 38.2 Å². The largest absolute Gasteiger partial charge is 0.368 e. The first-order valence-corrected chi connectivity index (χ1v) is 7.38. The Bertz CT molecular complexity index is 448.